The van der Waals surface area contributed by atoms with Gasteiger partial charge in [-0.05, 0) is 23.3 Å². The summed E-state index contributed by atoms with van der Waals surface area (Å²) < 4.78 is 1.93. The maximum atomic E-state index is 5.96. The van der Waals surface area contributed by atoms with Crippen LogP contribution in [0.1, 0.15) is 16.8 Å². The van der Waals surface area contributed by atoms with Gasteiger partial charge in [-0.3, -0.25) is 0 Å². The van der Waals surface area contributed by atoms with Gasteiger partial charge < -0.3 is 9.40 Å². The van der Waals surface area contributed by atoms with Crippen molar-refractivity contribution in [2.45, 2.75) is 13.0 Å². The van der Waals surface area contributed by atoms with E-state index in [0.29, 0.717) is 13.0 Å². The number of oxime groups is 1. The first-order valence-corrected chi connectivity index (χ1v) is 8.04. The first kappa shape index (κ1) is 16.3. The van der Waals surface area contributed by atoms with Crippen LogP contribution in [0.15, 0.2) is 72.3 Å². The van der Waals surface area contributed by atoms with Gasteiger partial charge in [0.15, 0.2) is 0 Å². The molecule has 0 saturated carbocycles. The molecule has 0 spiro atoms. The molecule has 0 saturated heterocycles. The Labute approximate surface area is 146 Å². The Hall–Kier alpha value is -2.59. The van der Waals surface area contributed by atoms with Gasteiger partial charge in [-0.2, -0.15) is 0 Å². The molecule has 0 aliphatic rings. The van der Waals surface area contributed by atoms with E-state index in [2.05, 4.69) is 10.1 Å². The fourth-order valence-electron chi connectivity index (χ4n) is 2.36. The molecule has 1 heterocycles. The number of aromatic nitrogens is 2. The number of imidazole rings is 1. The van der Waals surface area contributed by atoms with Crippen LogP contribution in [0.2, 0.25) is 5.02 Å². The predicted octanol–water partition coefficient (Wildman–Crippen LogP) is 4.24. The summed E-state index contributed by atoms with van der Waals surface area (Å²) in [4.78, 5) is 9.75. The number of hydrogen-bond acceptors (Lipinski definition) is 3. The fourth-order valence-corrected chi connectivity index (χ4v) is 2.49. The highest BCUT2D eigenvalue weighted by Crippen LogP contribution is 2.13. The first-order valence-electron chi connectivity index (χ1n) is 7.66. The van der Waals surface area contributed by atoms with Gasteiger partial charge in [-0.15, -0.1) is 0 Å². The van der Waals surface area contributed by atoms with E-state index in [-0.39, 0.29) is 0 Å². The Balaban J connectivity index is 1.78. The van der Waals surface area contributed by atoms with Crippen molar-refractivity contribution in [2.24, 2.45) is 12.2 Å². The molecule has 0 atom stereocenters. The van der Waals surface area contributed by atoms with Crippen LogP contribution in [-0.4, -0.2) is 15.3 Å². The molecule has 2 aromatic carbocycles. The van der Waals surface area contributed by atoms with Crippen LogP contribution in [0.4, 0.5) is 0 Å². The second-order valence-corrected chi connectivity index (χ2v) is 5.93. The van der Waals surface area contributed by atoms with Gasteiger partial charge in [-0.25, -0.2) is 4.98 Å². The van der Waals surface area contributed by atoms with Crippen LogP contribution in [0.5, 0.6) is 0 Å². The summed E-state index contributed by atoms with van der Waals surface area (Å²) in [7, 11) is 1.94. The number of benzene rings is 2. The minimum Gasteiger partial charge on any atom is -0.391 e. The number of rotatable bonds is 6. The van der Waals surface area contributed by atoms with Crippen molar-refractivity contribution >= 4 is 17.3 Å². The lowest BCUT2D eigenvalue weighted by atomic mass is 10.1. The Morgan fingerprint density at radius 1 is 1.08 bits per heavy atom. The molecule has 0 unspecified atom stereocenters. The first-order chi connectivity index (χ1) is 11.7. The molecule has 3 aromatic rings. The Kier molecular flexibility index (Phi) is 5.29. The van der Waals surface area contributed by atoms with E-state index in [1.807, 2.05) is 66.2 Å². The molecule has 0 aliphatic heterocycles. The summed E-state index contributed by atoms with van der Waals surface area (Å²) in [5, 5.41) is 5.08. The fraction of sp³-hybridized carbons (Fsp3) is 0.158. The van der Waals surface area contributed by atoms with E-state index in [9.17, 15) is 0 Å². The summed E-state index contributed by atoms with van der Waals surface area (Å²) in [6, 6.07) is 17.7. The maximum absolute atomic E-state index is 5.96. The normalized spacial score (nSPS) is 11.5. The standard InChI is InChI=1S/C19H18ClN3O/c1-23-14-21-12-19(23)18(11-15-7-9-17(20)10-8-15)22-24-13-16-5-3-2-4-6-16/h2-10,12,14H,11,13H2,1H3/b22-18+. The van der Waals surface area contributed by atoms with Crippen molar-refractivity contribution in [3.63, 3.8) is 0 Å². The second-order valence-electron chi connectivity index (χ2n) is 5.49. The third-order valence-corrected chi connectivity index (χ3v) is 3.90. The van der Waals surface area contributed by atoms with Crippen LogP contribution < -0.4 is 0 Å². The SMILES string of the molecule is Cn1cncc1/C(Cc1ccc(Cl)cc1)=N/OCc1ccccc1. The number of hydrogen-bond donors (Lipinski definition) is 0. The summed E-state index contributed by atoms with van der Waals surface area (Å²) in [6.07, 6.45) is 4.19. The minimum absolute atomic E-state index is 0.433. The maximum Gasteiger partial charge on any atom is 0.142 e. The molecule has 5 heteroatoms. The van der Waals surface area contributed by atoms with Crippen molar-refractivity contribution in [1.82, 2.24) is 9.55 Å². The van der Waals surface area contributed by atoms with Crippen molar-refractivity contribution in [2.75, 3.05) is 0 Å². The van der Waals surface area contributed by atoms with Crippen molar-refractivity contribution in [3.05, 3.63) is 89.0 Å². The molecule has 0 fully saturated rings. The second kappa shape index (κ2) is 7.79. The Morgan fingerprint density at radius 2 is 1.83 bits per heavy atom. The van der Waals surface area contributed by atoms with Crippen LogP contribution in [0.3, 0.4) is 0 Å². The molecular formula is C19H18ClN3O. The summed E-state index contributed by atoms with van der Waals surface area (Å²) in [5.41, 5.74) is 3.95. The zero-order chi connectivity index (χ0) is 16.8. The number of aryl methyl sites for hydroxylation is 1. The zero-order valence-corrected chi connectivity index (χ0v) is 14.1. The minimum atomic E-state index is 0.433. The van der Waals surface area contributed by atoms with Gasteiger partial charge >= 0.3 is 0 Å². The molecule has 1 aromatic heterocycles. The largest absolute Gasteiger partial charge is 0.391 e. The van der Waals surface area contributed by atoms with Crippen molar-refractivity contribution < 1.29 is 4.84 Å². The van der Waals surface area contributed by atoms with Crippen LogP contribution in [0.25, 0.3) is 0 Å². The third-order valence-electron chi connectivity index (χ3n) is 3.65. The molecule has 0 radical (unpaired) electrons. The molecule has 0 aliphatic carbocycles. The van der Waals surface area contributed by atoms with E-state index >= 15 is 0 Å². The lowest BCUT2D eigenvalue weighted by Gasteiger charge is -2.08. The molecule has 122 valence electrons. The summed E-state index contributed by atoms with van der Waals surface area (Å²) in [6.45, 7) is 0.433. The zero-order valence-electron chi connectivity index (χ0n) is 13.4. The number of halogens is 1. The summed E-state index contributed by atoms with van der Waals surface area (Å²) >= 11 is 5.96. The van der Waals surface area contributed by atoms with Gasteiger partial charge in [0.25, 0.3) is 0 Å². The molecule has 4 nitrogen and oxygen atoms in total. The quantitative estimate of drug-likeness (QED) is 0.498. The average Bonchev–Trinajstić information content (AvgIpc) is 3.03. The topological polar surface area (TPSA) is 39.4 Å². The Morgan fingerprint density at radius 3 is 2.50 bits per heavy atom. The van der Waals surface area contributed by atoms with Crippen LogP contribution >= 0.6 is 11.6 Å². The molecular weight excluding hydrogens is 322 g/mol. The van der Waals surface area contributed by atoms with Gasteiger partial charge in [0, 0.05) is 18.5 Å². The van der Waals surface area contributed by atoms with Crippen LogP contribution in [0, 0.1) is 0 Å². The molecule has 0 N–H and O–H groups in total. The van der Waals surface area contributed by atoms with Gasteiger partial charge in [0.2, 0.25) is 0 Å². The molecule has 0 bridgehead atoms. The monoisotopic (exact) mass is 339 g/mol. The smallest absolute Gasteiger partial charge is 0.142 e. The van der Waals surface area contributed by atoms with Crippen molar-refractivity contribution in [1.29, 1.82) is 0 Å². The van der Waals surface area contributed by atoms with Gasteiger partial charge in [-0.1, -0.05) is 59.2 Å². The highest BCUT2D eigenvalue weighted by Gasteiger charge is 2.10. The van der Waals surface area contributed by atoms with E-state index in [4.69, 9.17) is 16.4 Å². The lowest BCUT2D eigenvalue weighted by Crippen LogP contribution is -2.11. The van der Waals surface area contributed by atoms with E-state index < -0.39 is 0 Å². The highest BCUT2D eigenvalue weighted by atomic mass is 35.5. The Bertz CT molecular complexity index is 810. The molecule has 0 amide bonds. The van der Waals surface area contributed by atoms with Crippen LogP contribution in [-0.2, 0) is 24.9 Å². The van der Waals surface area contributed by atoms with Gasteiger partial charge in [0.05, 0.1) is 18.2 Å². The lowest BCUT2D eigenvalue weighted by molar-refractivity contribution is 0.130. The van der Waals surface area contributed by atoms with E-state index in [1.54, 1.807) is 12.5 Å². The molecule has 24 heavy (non-hydrogen) atoms. The molecule has 3 rings (SSSR count). The van der Waals surface area contributed by atoms with Crippen molar-refractivity contribution in [3.8, 4) is 0 Å². The third kappa shape index (κ3) is 4.24. The number of nitrogens with zero attached hydrogens (tertiary/aromatic N) is 3. The van der Waals surface area contributed by atoms with E-state index in [0.717, 1.165) is 27.6 Å². The van der Waals surface area contributed by atoms with Gasteiger partial charge in [0.1, 0.15) is 12.3 Å². The predicted molar refractivity (Wildman–Crippen MR) is 96.1 cm³/mol. The summed E-state index contributed by atoms with van der Waals surface area (Å²) in [5.74, 6) is 0. The average molecular weight is 340 g/mol. The van der Waals surface area contributed by atoms with E-state index in [1.165, 1.54) is 0 Å². The highest BCUT2D eigenvalue weighted by molar-refractivity contribution is 6.30.